The number of carbonyl (C=O) groups excluding carboxylic acids is 2. The first-order valence-electron chi connectivity index (χ1n) is 10.5. The van der Waals surface area contributed by atoms with Gasteiger partial charge in [-0.25, -0.2) is 0 Å². The van der Waals surface area contributed by atoms with Crippen LogP contribution in [0.15, 0.2) is 48.5 Å². The van der Waals surface area contributed by atoms with Crippen LogP contribution in [0.5, 0.6) is 5.75 Å². The summed E-state index contributed by atoms with van der Waals surface area (Å²) in [6, 6.07) is 14.4. The maximum Gasteiger partial charge on any atom is 0.254 e. The van der Waals surface area contributed by atoms with Gasteiger partial charge in [-0.05, 0) is 49.4 Å². The lowest BCUT2D eigenvalue weighted by Crippen LogP contribution is -2.40. The van der Waals surface area contributed by atoms with Crippen LogP contribution in [-0.4, -0.2) is 69.4 Å². The van der Waals surface area contributed by atoms with Crippen LogP contribution in [0.3, 0.4) is 0 Å². The number of nitrogens with one attached hydrogen (secondary N) is 2. The van der Waals surface area contributed by atoms with Gasteiger partial charge in [-0.2, -0.15) is 0 Å². The van der Waals surface area contributed by atoms with Crippen molar-refractivity contribution in [3.63, 3.8) is 0 Å². The van der Waals surface area contributed by atoms with Crippen molar-refractivity contribution in [1.29, 1.82) is 0 Å². The van der Waals surface area contributed by atoms with E-state index in [0.717, 1.165) is 5.75 Å². The highest BCUT2D eigenvalue weighted by molar-refractivity contribution is 5.96. The minimum absolute atomic E-state index is 0.0278. The van der Waals surface area contributed by atoms with Gasteiger partial charge in [0.15, 0.2) is 0 Å². The Bertz CT molecular complexity index is 851. The summed E-state index contributed by atoms with van der Waals surface area (Å²) < 4.78 is 16.1. The number of hydrogen-bond acceptors (Lipinski definition) is 6. The quantitative estimate of drug-likeness (QED) is 0.567. The Hall–Kier alpha value is -3.10. The number of morpholine rings is 1. The number of ether oxygens (including phenoxy) is 3. The Kier molecular flexibility index (Phi) is 8.69. The number of anilines is 2. The van der Waals surface area contributed by atoms with Gasteiger partial charge < -0.3 is 29.7 Å². The summed E-state index contributed by atoms with van der Waals surface area (Å²) >= 11 is 0. The molecule has 31 heavy (non-hydrogen) atoms. The van der Waals surface area contributed by atoms with E-state index in [1.54, 1.807) is 47.4 Å². The number of rotatable bonds is 10. The summed E-state index contributed by atoms with van der Waals surface area (Å²) in [4.78, 5) is 26.7. The normalized spacial score (nSPS) is 13.5. The summed E-state index contributed by atoms with van der Waals surface area (Å²) in [6.45, 7) is 6.02. The van der Waals surface area contributed by atoms with E-state index in [1.807, 2.05) is 13.0 Å². The maximum atomic E-state index is 12.6. The Balaban J connectivity index is 1.45. The molecule has 1 fully saturated rings. The second-order valence-electron chi connectivity index (χ2n) is 6.96. The van der Waals surface area contributed by atoms with Crippen LogP contribution in [0.2, 0.25) is 0 Å². The highest BCUT2D eigenvalue weighted by atomic mass is 16.5. The molecule has 2 amide bonds. The molecule has 3 rings (SSSR count). The van der Waals surface area contributed by atoms with Gasteiger partial charge in [0.05, 0.1) is 26.4 Å². The van der Waals surface area contributed by atoms with Crippen LogP contribution in [0.25, 0.3) is 0 Å². The molecular weight excluding hydrogens is 398 g/mol. The lowest BCUT2D eigenvalue weighted by Gasteiger charge is -2.27. The van der Waals surface area contributed by atoms with Crippen molar-refractivity contribution in [2.45, 2.75) is 6.92 Å². The topological polar surface area (TPSA) is 89.1 Å². The fraction of sp³-hybridized carbons (Fsp3) is 0.391. The first kappa shape index (κ1) is 22.6. The Morgan fingerprint density at radius 3 is 2.55 bits per heavy atom. The molecule has 8 heteroatoms. The van der Waals surface area contributed by atoms with Crippen LogP contribution in [-0.2, 0) is 14.3 Å². The van der Waals surface area contributed by atoms with Crippen LogP contribution < -0.4 is 15.4 Å². The van der Waals surface area contributed by atoms with Crippen molar-refractivity contribution < 1.29 is 23.8 Å². The zero-order chi connectivity index (χ0) is 21.9. The van der Waals surface area contributed by atoms with E-state index in [9.17, 15) is 9.59 Å². The van der Waals surface area contributed by atoms with E-state index in [1.165, 1.54) is 0 Å². The highest BCUT2D eigenvalue weighted by Crippen LogP contribution is 2.16. The molecule has 0 saturated carbocycles. The number of nitrogens with zero attached hydrogens (tertiary/aromatic N) is 1. The van der Waals surface area contributed by atoms with Gasteiger partial charge in [-0.3, -0.25) is 9.59 Å². The molecule has 0 aliphatic carbocycles. The molecule has 0 spiro atoms. The Labute approximate surface area is 182 Å². The third-order valence-corrected chi connectivity index (χ3v) is 4.70. The van der Waals surface area contributed by atoms with Gasteiger partial charge in [0.2, 0.25) is 5.91 Å². The van der Waals surface area contributed by atoms with E-state index in [-0.39, 0.29) is 18.4 Å². The predicted molar refractivity (Wildman–Crippen MR) is 119 cm³/mol. The van der Waals surface area contributed by atoms with Gasteiger partial charge in [-0.1, -0.05) is 6.07 Å². The zero-order valence-electron chi connectivity index (χ0n) is 17.8. The van der Waals surface area contributed by atoms with Gasteiger partial charge in [0, 0.05) is 36.6 Å². The molecule has 2 aromatic carbocycles. The molecule has 2 aromatic rings. The SMILES string of the molecule is CCOCCOc1ccc(NC(=O)CNc2cccc(C(=O)N3CCOCC3)c2)cc1. The van der Waals surface area contributed by atoms with Crippen LogP contribution in [0, 0.1) is 0 Å². The van der Waals surface area contributed by atoms with Crippen molar-refractivity contribution in [2.24, 2.45) is 0 Å². The van der Waals surface area contributed by atoms with Gasteiger partial charge in [0.1, 0.15) is 12.4 Å². The second-order valence-corrected chi connectivity index (χ2v) is 6.96. The fourth-order valence-corrected chi connectivity index (χ4v) is 3.10. The first-order chi connectivity index (χ1) is 15.2. The summed E-state index contributed by atoms with van der Waals surface area (Å²) in [5.41, 5.74) is 1.99. The van der Waals surface area contributed by atoms with Crippen molar-refractivity contribution in [2.75, 3.05) is 63.3 Å². The summed E-state index contributed by atoms with van der Waals surface area (Å²) in [5.74, 6) is 0.507. The van der Waals surface area contributed by atoms with Gasteiger partial charge >= 0.3 is 0 Å². The van der Waals surface area contributed by atoms with Crippen LogP contribution in [0.4, 0.5) is 11.4 Å². The molecule has 0 atom stereocenters. The van der Waals surface area contributed by atoms with Crippen LogP contribution >= 0.6 is 0 Å². The van der Waals surface area contributed by atoms with Crippen molar-refractivity contribution >= 4 is 23.2 Å². The minimum atomic E-state index is -0.185. The average Bonchev–Trinajstić information content (AvgIpc) is 2.82. The molecule has 0 aromatic heterocycles. The Morgan fingerprint density at radius 2 is 1.81 bits per heavy atom. The smallest absolute Gasteiger partial charge is 0.254 e. The van der Waals surface area contributed by atoms with Gasteiger partial charge in [0.25, 0.3) is 5.91 Å². The monoisotopic (exact) mass is 427 g/mol. The molecular formula is C23H29N3O5. The molecule has 2 N–H and O–H groups in total. The standard InChI is InChI=1S/C23H29N3O5/c1-2-29-14-15-31-21-8-6-19(7-9-21)25-22(27)17-24-20-5-3-4-18(16-20)23(28)26-10-12-30-13-11-26/h3-9,16,24H,2,10-15,17H2,1H3,(H,25,27). The molecule has 1 saturated heterocycles. The summed E-state index contributed by atoms with van der Waals surface area (Å²) in [5, 5.41) is 5.90. The second kappa shape index (κ2) is 11.9. The van der Waals surface area contributed by atoms with E-state index in [4.69, 9.17) is 14.2 Å². The fourth-order valence-electron chi connectivity index (χ4n) is 3.10. The molecule has 0 unspecified atom stereocenters. The molecule has 166 valence electrons. The molecule has 1 aliphatic heterocycles. The first-order valence-corrected chi connectivity index (χ1v) is 10.5. The van der Waals surface area contributed by atoms with E-state index in [2.05, 4.69) is 10.6 Å². The summed E-state index contributed by atoms with van der Waals surface area (Å²) in [6.07, 6.45) is 0. The lowest BCUT2D eigenvalue weighted by molar-refractivity contribution is -0.114. The molecule has 1 heterocycles. The summed E-state index contributed by atoms with van der Waals surface area (Å²) in [7, 11) is 0. The molecule has 8 nitrogen and oxygen atoms in total. The number of benzene rings is 2. The van der Waals surface area contributed by atoms with E-state index >= 15 is 0 Å². The maximum absolute atomic E-state index is 12.6. The number of carbonyl (C=O) groups is 2. The van der Waals surface area contributed by atoms with Crippen molar-refractivity contribution in [3.05, 3.63) is 54.1 Å². The third-order valence-electron chi connectivity index (χ3n) is 4.70. The average molecular weight is 428 g/mol. The van der Waals surface area contributed by atoms with E-state index in [0.29, 0.717) is 63.1 Å². The van der Waals surface area contributed by atoms with Crippen LogP contribution in [0.1, 0.15) is 17.3 Å². The number of amides is 2. The predicted octanol–water partition coefficient (Wildman–Crippen LogP) is 2.62. The third kappa shape index (κ3) is 7.27. The van der Waals surface area contributed by atoms with Crippen molar-refractivity contribution in [1.82, 2.24) is 4.90 Å². The largest absolute Gasteiger partial charge is 0.491 e. The molecule has 1 aliphatic rings. The molecule has 0 bridgehead atoms. The van der Waals surface area contributed by atoms with E-state index < -0.39 is 0 Å². The van der Waals surface area contributed by atoms with Crippen molar-refractivity contribution in [3.8, 4) is 5.75 Å². The zero-order valence-corrected chi connectivity index (χ0v) is 17.8. The highest BCUT2D eigenvalue weighted by Gasteiger charge is 2.18. The lowest BCUT2D eigenvalue weighted by atomic mass is 10.1. The minimum Gasteiger partial charge on any atom is -0.491 e. The molecule has 0 radical (unpaired) electrons. The van der Waals surface area contributed by atoms with Gasteiger partial charge in [-0.15, -0.1) is 0 Å². The Morgan fingerprint density at radius 1 is 1.03 bits per heavy atom. The number of hydrogen-bond donors (Lipinski definition) is 2.